The standard InChI is InChI=1S/C64H75N10O11S2/c1-42-48(46-20-21-52(68-56(46)58(79)80)72-26-24-45-12-10-13-47(49(45)32-72)57(78)69-59-67-50-14-6-7-15-51(50)86-59)31-66-74(42)41-63-36-61(2)35-62(3,37-63)39-64(38-61,40-63)85-29-27-71(28-30-87(82,83)70(4)5)60(81)84-34-44-18-16-43(17-19-44)11-8-9-25-65-53(75)33-73-54(76)22-23-55(73)77/h6-7,10,12-18,20-23,31,82-83H,8-9,11,24-30,32-41H2,1-5H3,(H,65,75)(H,79,80)(H,67,69,78). The van der Waals surface area contributed by atoms with Gasteiger partial charge in [-0.3, -0.25) is 43.2 Å². The molecule has 4 saturated carbocycles. The minimum atomic E-state index is -3.16. The normalized spacial score (nSPS) is 22.3. The van der Waals surface area contributed by atoms with E-state index in [9.17, 15) is 43.0 Å². The van der Waals surface area contributed by atoms with Gasteiger partial charge in [-0.05, 0) is 146 Å². The molecule has 2 aliphatic heterocycles. The van der Waals surface area contributed by atoms with Crippen LogP contribution in [0.5, 0.6) is 0 Å². The Morgan fingerprint density at radius 1 is 0.874 bits per heavy atom. The molecule has 21 nitrogen and oxygen atoms in total. The predicted molar refractivity (Wildman–Crippen MR) is 331 cm³/mol. The minimum absolute atomic E-state index is 0.0212. The Morgan fingerprint density at radius 3 is 2.37 bits per heavy atom. The number of rotatable bonds is 24. The zero-order valence-electron chi connectivity index (χ0n) is 49.8. The molecule has 5 N–H and O–H groups in total. The monoisotopic (exact) mass is 1220 g/mol. The summed E-state index contributed by atoms with van der Waals surface area (Å²) in [5.41, 5.74) is 6.11. The van der Waals surface area contributed by atoms with Gasteiger partial charge in [-0.1, -0.05) is 67.6 Å². The lowest BCUT2D eigenvalue weighted by Crippen LogP contribution is -2.64. The van der Waals surface area contributed by atoms with Crippen molar-refractivity contribution < 1.29 is 52.5 Å². The molecule has 2 atom stereocenters. The number of para-hydroxylation sites is 1. The molecule has 1 radical (unpaired) electrons. The van der Waals surface area contributed by atoms with E-state index in [0.717, 1.165) is 101 Å². The molecule has 4 fully saturated rings. The van der Waals surface area contributed by atoms with Crippen LogP contribution in [0, 0.1) is 29.2 Å². The first-order valence-electron chi connectivity index (χ1n) is 29.6. The van der Waals surface area contributed by atoms with E-state index in [2.05, 4.69) is 35.5 Å². The lowest BCUT2D eigenvalue weighted by Gasteiger charge is -2.69. The number of benzene rings is 3. The fourth-order valence-electron chi connectivity index (χ4n) is 14.9. The summed E-state index contributed by atoms with van der Waals surface area (Å²) in [4.78, 5) is 90.4. The second kappa shape index (κ2) is 24.6. The van der Waals surface area contributed by atoms with Crippen LogP contribution < -0.4 is 15.5 Å². The predicted octanol–water partition coefficient (Wildman–Crippen LogP) is 9.54. The van der Waals surface area contributed by atoms with E-state index in [-0.39, 0.29) is 66.4 Å². The van der Waals surface area contributed by atoms with Crippen molar-refractivity contribution in [3.63, 3.8) is 0 Å². The van der Waals surface area contributed by atoms with Crippen LogP contribution in [-0.2, 0) is 56.4 Å². The number of thiazole rings is 1. The van der Waals surface area contributed by atoms with Gasteiger partial charge in [0.1, 0.15) is 19.0 Å². The number of aromatic carboxylic acids is 1. The Labute approximate surface area is 511 Å². The maximum Gasteiger partial charge on any atom is 0.410 e. The van der Waals surface area contributed by atoms with Gasteiger partial charge in [0.25, 0.3) is 17.7 Å². The second-order valence-corrected chi connectivity index (χ2v) is 28.7. The number of amides is 5. The molecule has 23 heteroatoms. The van der Waals surface area contributed by atoms with Crippen molar-refractivity contribution in [1.29, 1.82) is 0 Å². The molecule has 0 spiro atoms. The molecule has 6 aromatic rings. The second-order valence-electron chi connectivity index (χ2n) is 25.3. The zero-order chi connectivity index (χ0) is 61.5. The summed E-state index contributed by atoms with van der Waals surface area (Å²) in [6.45, 7) is 8.68. The summed E-state index contributed by atoms with van der Waals surface area (Å²) >= 11 is 1.42. The van der Waals surface area contributed by atoms with Crippen LogP contribution in [-0.4, -0.2) is 149 Å². The van der Waals surface area contributed by atoms with Gasteiger partial charge in [-0.25, -0.2) is 23.9 Å². The molecule has 12 rings (SSSR count). The number of carboxylic acids is 1. The third-order valence-corrected chi connectivity index (χ3v) is 20.8. The number of hydrogen-bond donors (Lipinski definition) is 5. The van der Waals surface area contributed by atoms with Crippen molar-refractivity contribution in [3.05, 3.63) is 136 Å². The number of fused-ring (bicyclic) bond motifs is 2. The van der Waals surface area contributed by atoms with Gasteiger partial charge in [0.15, 0.2) is 10.8 Å². The average Bonchev–Trinajstić information content (AvgIpc) is 0.870. The van der Waals surface area contributed by atoms with Gasteiger partial charge < -0.3 is 29.7 Å². The van der Waals surface area contributed by atoms with E-state index in [1.807, 2.05) is 89.3 Å². The Hall–Kier alpha value is -7.54. The number of pyridine rings is 1. The molecule has 3 aromatic carbocycles. The maximum absolute atomic E-state index is 13.9. The summed E-state index contributed by atoms with van der Waals surface area (Å²) in [5, 5.41) is 22.0. The summed E-state index contributed by atoms with van der Waals surface area (Å²) < 4.78 is 39.0. The van der Waals surface area contributed by atoms with Crippen molar-refractivity contribution >= 4 is 79.0 Å². The fraction of sp³-hybridized carbons (Fsp3) is 0.453. The number of carboxylic acid groups (broad SMARTS) is 1. The van der Waals surface area contributed by atoms with Gasteiger partial charge >= 0.3 is 12.1 Å². The topological polar surface area (TPSA) is 262 Å². The van der Waals surface area contributed by atoms with E-state index in [0.29, 0.717) is 72.2 Å². The van der Waals surface area contributed by atoms with Crippen LogP contribution >= 0.6 is 22.1 Å². The number of carbonyl (C=O) groups is 6. The number of nitrogens with zero attached hydrogens (tertiary/aromatic N) is 8. The van der Waals surface area contributed by atoms with Gasteiger partial charge in [0.05, 0.1) is 34.4 Å². The Balaban J connectivity index is 0.721. The number of unbranched alkanes of at least 4 members (excludes halogenated alkanes) is 1. The summed E-state index contributed by atoms with van der Waals surface area (Å²) in [6.07, 6.45) is 11.7. The highest BCUT2D eigenvalue weighted by Gasteiger charge is 2.66. The number of hydrogen-bond acceptors (Lipinski definition) is 16. The molecular formula is C64H75N10O11S2. The first-order valence-corrected chi connectivity index (χ1v) is 32.1. The molecule has 6 aliphatic rings. The van der Waals surface area contributed by atoms with E-state index >= 15 is 0 Å². The third kappa shape index (κ3) is 13.5. The summed E-state index contributed by atoms with van der Waals surface area (Å²) in [6, 6.07) is 26.0. The van der Waals surface area contributed by atoms with Crippen LogP contribution in [0.15, 0.2) is 91.1 Å². The maximum atomic E-state index is 13.9. The van der Waals surface area contributed by atoms with E-state index in [4.69, 9.17) is 19.6 Å². The van der Waals surface area contributed by atoms with Crippen LogP contribution in [0.3, 0.4) is 0 Å². The molecule has 5 heterocycles. The Bertz CT molecular complexity index is 3610. The number of carbonyl (C=O) groups excluding carboxylic acids is 5. The van der Waals surface area contributed by atoms with Crippen LogP contribution in [0.4, 0.5) is 15.7 Å². The van der Waals surface area contributed by atoms with E-state index < -0.39 is 46.2 Å². The van der Waals surface area contributed by atoms with Crippen LogP contribution in [0.25, 0.3) is 21.3 Å². The van der Waals surface area contributed by atoms with Gasteiger partial charge in [-0.2, -0.15) is 5.10 Å². The number of imide groups is 1. The highest BCUT2D eigenvalue weighted by molar-refractivity contribution is 8.22. The first-order chi connectivity index (χ1) is 41.5. The van der Waals surface area contributed by atoms with Crippen molar-refractivity contribution in [2.45, 2.75) is 110 Å². The number of aromatic nitrogens is 4. The molecule has 4 aliphatic carbocycles. The number of ether oxygens (including phenoxy) is 2. The highest BCUT2D eigenvalue weighted by atomic mass is 32.3. The molecule has 459 valence electrons. The van der Waals surface area contributed by atoms with E-state index in [1.165, 1.54) is 20.5 Å². The molecule has 2 unspecified atom stereocenters. The number of anilines is 2. The first kappa shape index (κ1) is 61.1. The highest BCUT2D eigenvalue weighted by Crippen LogP contribution is 2.72. The Kier molecular flexibility index (Phi) is 17.3. The average molecular weight is 1220 g/mol. The van der Waals surface area contributed by atoms with Gasteiger partial charge in [0.2, 0.25) is 5.91 Å². The molecule has 5 amide bonds. The molecule has 3 aromatic heterocycles. The SMILES string of the molecule is Cc1c(-c2ccc(N3CCc4cccc(C(=O)Nc5nc6ccccc6s5)c4C3)nc2C(=O)O)cnn1CC12CC3(C)CC(C)(C1)CC(OCCN(CCS(O)(O)N(C)C)C(=O)OCc1[c]cc(CCCCNC(=O)CN4C(=O)C=CC4=O)cc1)(C3)C2. The van der Waals surface area contributed by atoms with Crippen LogP contribution in [0.2, 0.25) is 0 Å². The van der Waals surface area contributed by atoms with Gasteiger partial charge in [-0.15, -0.1) is 10.8 Å². The van der Waals surface area contributed by atoms with Crippen molar-refractivity contribution in [2.75, 3.05) is 69.4 Å². The lowest BCUT2D eigenvalue weighted by molar-refractivity contribution is -0.248. The lowest BCUT2D eigenvalue weighted by atomic mass is 9.39. The number of nitrogens with one attached hydrogen (secondary N) is 2. The van der Waals surface area contributed by atoms with Crippen molar-refractivity contribution in [2.24, 2.45) is 16.2 Å². The Morgan fingerprint density at radius 2 is 1.64 bits per heavy atom. The number of aryl methyl sites for hydroxylation is 1. The quantitative estimate of drug-likeness (QED) is 0.0279. The fourth-order valence-corrected chi connectivity index (χ4v) is 16.6. The smallest absolute Gasteiger partial charge is 0.410 e. The molecular weight excluding hydrogens is 1150 g/mol. The van der Waals surface area contributed by atoms with E-state index in [1.54, 1.807) is 20.3 Å². The zero-order valence-corrected chi connectivity index (χ0v) is 51.4. The largest absolute Gasteiger partial charge is 0.476 e. The van der Waals surface area contributed by atoms with Crippen molar-refractivity contribution in [1.82, 2.24) is 39.2 Å². The summed E-state index contributed by atoms with van der Waals surface area (Å²) in [7, 11) is 0.00522. The van der Waals surface area contributed by atoms with Gasteiger partial charge in [0, 0.05) is 87.9 Å². The van der Waals surface area contributed by atoms with Crippen LogP contribution in [0.1, 0.15) is 114 Å². The summed E-state index contributed by atoms with van der Waals surface area (Å²) in [5.74, 6) is -2.40. The molecule has 87 heavy (non-hydrogen) atoms. The molecule has 4 bridgehead atoms. The molecule has 0 saturated heterocycles. The minimum Gasteiger partial charge on any atom is -0.476 e. The third-order valence-electron chi connectivity index (χ3n) is 17.9. The van der Waals surface area contributed by atoms with Crippen molar-refractivity contribution in [3.8, 4) is 11.1 Å².